The van der Waals surface area contributed by atoms with Gasteiger partial charge in [-0.25, -0.2) is 0 Å². The molecule has 3 heteroatoms. The van der Waals surface area contributed by atoms with E-state index in [1.54, 1.807) is 55.5 Å². The smallest absolute Gasteiger partial charge is 0.193 e. The van der Waals surface area contributed by atoms with Crippen LogP contribution >= 0.6 is 11.6 Å². The Hall–Kier alpha value is -1.93. The van der Waals surface area contributed by atoms with Crippen LogP contribution in [-0.4, -0.2) is 11.6 Å². The van der Waals surface area contributed by atoms with Gasteiger partial charge in [-0.1, -0.05) is 42.8 Å². The number of carbonyl (C=O) groups excluding carboxylic acids is 2. The Bertz CT molecular complexity index is 615. The number of benzene rings is 2. The average molecular weight is 273 g/mol. The molecule has 96 valence electrons. The van der Waals surface area contributed by atoms with Crippen molar-refractivity contribution in [3.8, 4) is 0 Å². The maximum absolute atomic E-state index is 12.4. The van der Waals surface area contributed by atoms with Gasteiger partial charge in [0.15, 0.2) is 11.6 Å². The Kier molecular flexibility index (Phi) is 4.13. The minimum Gasteiger partial charge on any atom is -0.294 e. The summed E-state index contributed by atoms with van der Waals surface area (Å²) in [6, 6.07) is 13.6. The largest absolute Gasteiger partial charge is 0.294 e. The van der Waals surface area contributed by atoms with E-state index in [1.807, 2.05) is 0 Å². The van der Waals surface area contributed by atoms with E-state index < -0.39 is 0 Å². The summed E-state index contributed by atoms with van der Waals surface area (Å²) in [6.07, 6.45) is 0.380. The zero-order chi connectivity index (χ0) is 13.8. The van der Waals surface area contributed by atoms with E-state index >= 15 is 0 Å². The first kappa shape index (κ1) is 13.5. The zero-order valence-electron chi connectivity index (χ0n) is 10.5. The summed E-state index contributed by atoms with van der Waals surface area (Å²) in [5.41, 5.74) is 1.45. The molecule has 0 saturated heterocycles. The van der Waals surface area contributed by atoms with Crippen LogP contribution in [0.1, 0.15) is 39.6 Å². The summed E-state index contributed by atoms with van der Waals surface area (Å²) in [6.45, 7) is 1.78. The van der Waals surface area contributed by atoms with Crippen molar-refractivity contribution in [1.82, 2.24) is 0 Å². The second-order valence-corrected chi connectivity index (χ2v) is 4.59. The highest BCUT2D eigenvalue weighted by atomic mass is 35.5. The zero-order valence-corrected chi connectivity index (χ0v) is 11.3. The molecule has 0 atom stereocenters. The Balaban J connectivity index is 2.44. The Morgan fingerprint density at radius 1 is 0.947 bits per heavy atom. The molecule has 0 aliphatic carbocycles. The van der Waals surface area contributed by atoms with Gasteiger partial charge in [-0.05, 0) is 24.3 Å². The van der Waals surface area contributed by atoms with Gasteiger partial charge in [0.1, 0.15) is 0 Å². The normalized spacial score (nSPS) is 10.2. The molecule has 0 saturated carbocycles. The summed E-state index contributed by atoms with van der Waals surface area (Å²) < 4.78 is 0. The fourth-order valence-corrected chi connectivity index (χ4v) is 2.00. The summed E-state index contributed by atoms with van der Waals surface area (Å²) in [4.78, 5) is 24.3. The van der Waals surface area contributed by atoms with Gasteiger partial charge in [0, 0.05) is 28.1 Å². The maximum Gasteiger partial charge on any atom is 0.193 e. The Morgan fingerprint density at radius 2 is 1.53 bits per heavy atom. The van der Waals surface area contributed by atoms with Gasteiger partial charge in [-0.2, -0.15) is 0 Å². The molecule has 2 rings (SSSR count). The van der Waals surface area contributed by atoms with Crippen LogP contribution in [0.25, 0.3) is 0 Å². The topological polar surface area (TPSA) is 34.1 Å². The molecular formula is C16H13ClO2. The number of hydrogen-bond acceptors (Lipinski definition) is 2. The summed E-state index contributed by atoms with van der Waals surface area (Å²) in [5.74, 6) is -0.188. The van der Waals surface area contributed by atoms with E-state index in [2.05, 4.69) is 0 Å². The van der Waals surface area contributed by atoms with Crippen LogP contribution in [0.15, 0.2) is 48.5 Å². The molecular weight excluding hydrogens is 260 g/mol. The van der Waals surface area contributed by atoms with Gasteiger partial charge in [-0.3, -0.25) is 9.59 Å². The Morgan fingerprint density at radius 3 is 2.11 bits per heavy atom. The molecule has 0 heterocycles. The highest BCUT2D eigenvalue weighted by Gasteiger charge is 2.16. The minimum absolute atomic E-state index is 0.0297. The Labute approximate surface area is 117 Å². The standard InChI is InChI=1S/C16H13ClO2/c1-2-15(18)13-5-3-4-6-14(13)16(19)11-7-9-12(17)10-8-11/h3-10H,2H2,1H3. The van der Waals surface area contributed by atoms with E-state index in [4.69, 9.17) is 11.6 Å². The van der Waals surface area contributed by atoms with Crippen molar-refractivity contribution in [2.45, 2.75) is 13.3 Å². The van der Waals surface area contributed by atoms with Crippen LogP contribution in [-0.2, 0) is 0 Å². The van der Waals surface area contributed by atoms with Gasteiger partial charge in [0.2, 0.25) is 0 Å². The number of carbonyl (C=O) groups is 2. The van der Waals surface area contributed by atoms with Gasteiger partial charge in [-0.15, -0.1) is 0 Å². The molecule has 0 bridgehead atoms. The van der Waals surface area contributed by atoms with E-state index in [1.165, 1.54) is 0 Å². The van der Waals surface area contributed by atoms with E-state index in [-0.39, 0.29) is 11.6 Å². The highest BCUT2D eigenvalue weighted by Crippen LogP contribution is 2.18. The third-order valence-corrected chi connectivity index (χ3v) is 3.15. The SMILES string of the molecule is CCC(=O)c1ccccc1C(=O)c1ccc(Cl)cc1. The van der Waals surface area contributed by atoms with Gasteiger partial charge >= 0.3 is 0 Å². The van der Waals surface area contributed by atoms with E-state index in [9.17, 15) is 9.59 Å². The van der Waals surface area contributed by atoms with Crippen LogP contribution in [0.2, 0.25) is 5.02 Å². The van der Waals surface area contributed by atoms with Crippen molar-refractivity contribution in [3.63, 3.8) is 0 Å². The molecule has 2 aromatic carbocycles. The minimum atomic E-state index is -0.158. The lowest BCUT2D eigenvalue weighted by Gasteiger charge is -2.07. The fraction of sp³-hybridized carbons (Fsp3) is 0.125. The van der Waals surface area contributed by atoms with Crippen molar-refractivity contribution in [2.24, 2.45) is 0 Å². The van der Waals surface area contributed by atoms with Gasteiger partial charge < -0.3 is 0 Å². The number of Topliss-reactive ketones (excluding diaryl/α,β-unsaturated/α-hetero) is 1. The molecule has 19 heavy (non-hydrogen) atoms. The molecule has 0 aromatic heterocycles. The highest BCUT2D eigenvalue weighted by molar-refractivity contribution is 6.30. The first-order valence-electron chi connectivity index (χ1n) is 6.06. The van der Waals surface area contributed by atoms with Gasteiger partial charge in [0.25, 0.3) is 0 Å². The molecule has 2 nitrogen and oxygen atoms in total. The van der Waals surface area contributed by atoms with E-state index in [0.29, 0.717) is 28.1 Å². The van der Waals surface area contributed by atoms with Crippen molar-refractivity contribution in [2.75, 3.05) is 0 Å². The molecule has 0 spiro atoms. The number of hydrogen-bond donors (Lipinski definition) is 0. The molecule has 0 unspecified atom stereocenters. The summed E-state index contributed by atoms with van der Waals surface area (Å²) >= 11 is 5.80. The molecule has 2 aromatic rings. The second kappa shape index (κ2) is 5.81. The molecule has 0 amide bonds. The summed E-state index contributed by atoms with van der Waals surface area (Å²) in [7, 11) is 0. The van der Waals surface area contributed by atoms with Crippen LogP contribution in [0.5, 0.6) is 0 Å². The maximum atomic E-state index is 12.4. The second-order valence-electron chi connectivity index (χ2n) is 4.16. The summed E-state index contributed by atoms with van der Waals surface area (Å²) in [5, 5.41) is 0.578. The molecule has 0 N–H and O–H groups in total. The molecule has 0 aliphatic heterocycles. The van der Waals surface area contributed by atoms with Crippen LogP contribution in [0.3, 0.4) is 0 Å². The molecule has 0 fully saturated rings. The predicted octanol–water partition coefficient (Wildman–Crippen LogP) is 4.16. The number of rotatable bonds is 4. The predicted molar refractivity (Wildman–Crippen MR) is 75.9 cm³/mol. The molecule has 0 aliphatic rings. The number of halogens is 1. The third-order valence-electron chi connectivity index (χ3n) is 2.90. The third kappa shape index (κ3) is 2.91. The first-order chi connectivity index (χ1) is 9.13. The van der Waals surface area contributed by atoms with Crippen molar-refractivity contribution in [3.05, 3.63) is 70.2 Å². The quantitative estimate of drug-likeness (QED) is 0.783. The van der Waals surface area contributed by atoms with Gasteiger partial charge in [0.05, 0.1) is 0 Å². The van der Waals surface area contributed by atoms with Crippen molar-refractivity contribution >= 4 is 23.2 Å². The number of ketones is 2. The lowest BCUT2D eigenvalue weighted by molar-refractivity contribution is 0.0972. The lowest BCUT2D eigenvalue weighted by atomic mass is 9.95. The molecule has 0 radical (unpaired) electrons. The van der Waals surface area contributed by atoms with E-state index in [0.717, 1.165) is 0 Å². The van der Waals surface area contributed by atoms with Crippen LogP contribution < -0.4 is 0 Å². The van der Waals surface area contributed by atoms with Crippen LogP contribution in [0.4, 0.5) is 0 Å². The van der Waals surface area contributed by atoms with Crippen molar-refractivity contribution < 1.29 is 9.59 Å². The van der Waals surface area contributed by atoms with Crippen molar-refractivity contribution in [1.29, 1.82) is 0 Å². The average Bonchev–Trinajstić information content (AvgIpc) is 2.46. The fourth-order valence-electron chi connectivity index (χ4n) is 1.87. The van der Waals surface area contributed by atoms with Crippen LogP contribution in [0, 0.1) is 0 Å². The first-order valence-corrected chi connectivity index (χ1v) is 6.43. The lowest BCUT2D eigenvalue weighted by Crippen LogP contribution is -2.09. The monoisotopic (exact) mass is 272 g/mol.